The molecule has 3 aromatic rings. The van der Waals surface area contributed by atoms with Gasteiger partial charge >= 0.3 is 6.18 Å². The van der Waals surface area contributed by atoms with Crippen molar-refractivity contribution >= 4 is 15.7 Å². The van der Waals surface area contributed by atoms with Crippen LogP contribution in [0.15, 0.2) is 61.2 Å². The Morgan fingerprint density at radius 3 is 2.47 bits per heavy atom. The average molecular weight is 469 g/mol. The van der Waals surface area contributed by atoms with Crippen molar-refractivity contribution in [3.8, 4) is 22.9 Å². The van der Waals surface area contributed by atoms with E-state index in [2.05, 4.69) is 11.7 Å². The molecule has 0 aliphatic heterocycles. The first kappa shape index (κ1) is 23.3. The lowest BCUT2D eigenvalue weighted by Crippen LogP contribution is -2.32. The van der Waals surface area contributed by atoms with Crippen molar-refractivity contribution in [1.29, 1.82) is 0 Å². The Balaban J connectivity index is 1.84. The second-order valence-corrected chi connectivity index (χ2v) is 8.50. The summed E-state index contributed by atoms with van der Waals surface area (Å²) in [4.78, 5) is 0. The van der Waals surface area contributed by atoms with Crippen LogP contribution in [0.3, 0.4) is 0 Å². The van der Waals surface area contributed by atoms with Crippen molar-refractivity contribution in [3.05, 3.63) is 72.6 Å². The van der Waals surface area contributed by atoms with Gasteiger partial charge in [0.2, 0.25) is 15.9 Å². The molecule has 6 nitrogen and oxygen atoms in total. The molecular formula is C21H19F4N3O3S. The molecule has 0 aliphatic rings. The summed E-state index contributed by atoms with van der Waals surface area (Å²) in [6.07, 6.45) is -4.87. The van der Waals surface area contributed by atoms with E-state index >= 15 is 0 Å². The van der Waals surface area contributed by atoms with E-state index in [0.717, 1.165) is 0 Å². The third-order valence-electron chi connectivity index (χ3n) is 4.23. The van der Waals surface area contributed by atoms with Gasteiger partial charge < -0.3 is 4.74 Å². The van der Waals surface area contributed by atoms with Crippen molar-refractivity contribution in [2.24, 2.45) is 0 Å². The highest BCUT2D eigenvalue weighted by atomic mass is 32.2. The maximum Gasteiger partial charge on any atom is 0.404 e. The van der Waals surface area contributed by atoms with E-state index in [1.165, 1.54) is 30.3 Å². The third-order valence-corrected chi connectivity index (χ3v) is 5.50. The molecule has 170 valence electrons. The van der Waals surface area contributed by atoms with Crippen molar-refractivity contribution < 1.29 is 30.7 Å². The summed E-state index contributed by atoms with van der Waals surface area (Å²) in [6.45, 7) is 5.88. The molecular weight excluding hydrogens is 450 g/mol. The lowest BCUT2D eigenvalue weighted by atomic mass is 10.1. The van der Waals surface area contributed by atoms with E-state index in [0.29, 0.717) is 23.6 Å². The number of nitrogens with one attached hydrogen (secondary N) is 1. The standard InChI is InChI=1S/C21H19F4N3O3S/c1-3-28-19(12-20(26-28)31-18-9-7-17(22)8-10-18)16-6-4-5-15(11-16)14(2)27-32(29,30)13-21(23,24)25/h4-12,27H,2-3,13H2,1H3. The minimum atomic E-state index is -4.87. The summed E-state index contributed by atoms with van der Waals surface area (Å²) >= 11 is 0. The van der Waals surface area contributed by atoms with Gasteiger partial charge in [0.05, 0.1) is 5.69 Å². The molecule has 2 aromatic carbocycles. The molecule has 0 saturated carbocycles. The molecule has 1 aromatic heterocycles. The van der Waals surface area contributed by atoms with Gasteiger partial charge in [-0.1, -0.05) is 24.8 Å². The number of ether oxygens (including phenoxy) is 1. The van der Waals surface area contributed by atoms with Crippen molar-refractivity contribution in [2.75, 3.05) is 5.75 Å². The number of hydrogen-bond donors (Lipinski definition) is 1. The Morgan fingerprint density at radius 2 is 1.84 bits per heavy atom. The van der Waals surface area contributed by atoms with E-state index in [9.17, 15) is 26.0 Å². The lowest BCUT2D eigenvalue weighted by molar-refractivity contribution is -0.106. The number of aryl methyl sites for hydroxylation is 1. The number of alkyl halides is 3. The monoisotopic (exact) mass is 469 g/mol. The largest absolute Gasteiger partial charge is 0.438 e. The van der Waals surface area contributed by atoms with Gasteiger partial charge in [0.1, 0.15) is 11.6 Å². The van der Waals surface area contributed by atoms with Crippen LogP contribution in [-0.2, 0) is 16.6 Å². The minimum absolute atomic E-state index is 0.193. The number of benzene rings is 2. The molecule has 0 unspecified atom stereocenters. The normalized spacial score (nSPS) is 11.9. The van der Waals surface area contributed by atoms with Crippen LogP contribution in [0.25, 0.3) is 17.0 Å². The molecule has 0 fully saturated rings. The van der Waals surface area contributed by atoms with Gasteiger partial charge in [0.25, 0.3) is 0 Å². The summed E-state index contributed by atoms with van der Waals surface area (Å²) in [5.41, 5.74) is 1.33. The highest BCUT2D eigenvalue weighted by Gasteiger charge is 2.35. The van der Waals surface area contributed by atoms with Crippen LogP contribution in [0.5, 0.6) is 11.6 Å². The number of nitrogens with zero attached hydrogens (tertiary/aromatic N) is 2. The van der Waals surface area contributed by atoms with Crippen LogP contribution in [0.1, 0.15) is 12.5 Å². The summed E-state index contributed by atoms with van der Waals surface area (Å²) < 4.78 is 83.1. The summed E-state index contributed by atoms with van der Waals surface area (Å²) in [5.74, 6) is -1.77. The van der Waals surface area contributed by atoms with Gasteiger partial charge in [-0.2, -0.15) is 13.2 Å². The van der Waals surface area contributed by atoms with E-state index < -0.39 is 27.8 Å². The highest BCUT2D eigenvalue weighted by molar-refractivity contribution is 7.89. The van der Waals surface area contributed by atoms with Crippen molar-refractivity contribution in [2.45, 2.75) is 19.6 Å². The quantitative estimate of drug-likeness (QED) is 0.474. The molecule has 1 heterocycles. The molecule has 0 radical (unpaired) electrons. The van der Waals surface area contributed by atoms with Gasteiger partial charge in [0, 0.05) is 23.9 Å². The first-order valence-corrected chi connectivity index (χ1v) is 11.0. The fraction of sp³-hybridized carbons (Fsp3) is 0.190. The Hall–Kier alpha value is -3.34. The first-order valence-electron chi connectivity index (χ1n) is 9.34. The van der Waals surface area contributed by atoms with E-state index in [1.807, 2.05) is 11.6 Å². The van der Waals surface area contributed by atoms with Crippen LogP contribution in [0.2, 0.25) is 0 Å². The third kappa shape index (κ3) is 6.10. The van der Waals surface area contributed by atoms with Crippen LogP contribution in [-0.4, -0.2) is 30.1 Å². The van der Waals surface area contributed by atoms with Gasteiger partial charge in [-0.15, -0.1) is 5.10 Å². The van der Waals surface area contributed by atoms with Gasteiger partial charge in [0.15, 0.2) is 5.75 Å². The smallest absolute Gasteiger partial charge is 0.404 e. The number of sulfonamides is 1. The number of aromatic nitrogens is 2. The minimum Gasteiger partial charge on any atom is -0.438 e. The molecule has 0 aliphatic carbocycles. The Kier molecular flexibility index (Phi) is 6.58. The Morgan fingerprint density at radius 1 is 1.16 bits per heavy atom. The predicted molar refractivity (Wildman–Crippen MR) is 112 cm³/mol. The van der Waals surface area contributed by atoms with E-state index in [-0.39, 0.29) is 17.1 Å². The molecule has 11 heteroatoms. The van der Waals surface area contributed by atoms with Gasteiger partial charge in [-0.3, -0.25) is 9.40 Å². The molecule has 0 bridgehead atoms. The van der Waals surface area contributed by atoms with Crippen molar-refractivity contribution in [1.82, 2.24) is 14.5 Å². The van der Waals surface area contributed by atoms with E-state index in [1.54, 1.807) is 28.9 Å². The maximum atomic E-state index is 13.1. The molecule has 3 rings (SSSR count). The summed E-state index contributed by atoms with van der Waals surface area (Å²) in [6, 6.07) is 13.5. The molecule has 0 atom stereocenters. The van der Waals surface area contributed by atoms with Gasteiger partial charge in [-0.25, -0.2) is 12.8 Å². The number of rotatable bonds is 8. The highest BCUT2D eigenvalue weighted by Crippen LogP contribution is 2.29. The van der Waals surface area contributed by atoms with Crippen LogP contribution >= 0.6 is 0 Å². The number of halogens is 4. The molecule has 32 heavy (non-hydrogen) atoms. The number of hydrogen-bond acceptors (Lipinski definition) is 4. The fourth-order valence-corrected chi connectivity index (χ4v) is 3.90. The molecule has 0 spiro atoms. The maximum absolute atomic E-state index is 13.1. The fourth-order valence-electron chi connectivity index (χ4n) is 2.90. The second kappa shape index (κ2) is 9.03. The van der Waals surface area contributed by atoms with Crippen LogP contribution in [0, 0.1) is 5.82 Å². The predicted octanol–water partition coefficient (Wildman–Crippen LogP) is 4.95. The zero-order valence-electron chi connectivity index (χ0n) is 16.9. The van der Waals surface area contributed by atoms with E-state index in [4.69, 9.17) is 4.74 Å². The van der Waals surface area contributed by atoms with Crippen LogP contribution in [0.4, 0.5) is 17.6 Å². The zero-order chi connectivity index (χ0) is 23.5. The van der Waals surface area contributed by atoms with Gasteiger partial charge in [-0.05, 0) is 42.8 Å². The molecule has 0 saturated heterocycles. The SMILES string of the molecule is C=C(NS(=O)(=O)CC(F)(F)F)c1cccc(-c2cc(Oc3ccc(F)cc3)nn2CC)c1. The van der Waals surface area contributed by atoms with Crippen LogP contribution < -0.4 is 9.46 Å². The molecule has 0 amide bonds. The molecule has 1 N–H and O–H groups in total. The Bertz CT molecular complexity index is 1220. The zero-order valence-corrected chi connectivity index (χ0v) is 17.7. The van der Waals surface area contributed by atoms with Crippen molar-refractivity contribution in [3.63, 3.8) is 0 Å². The summed E-state index contributed by atoms with van der Waals surface area (Å²) in [7, 11) is -4.65. The Labute approximate surface area is 182 Å². The topological polar surface area (TPSA) is 73.2 Å². The second-order valence-electron chi connectivity index (χ2n) is 6.78. The average Bonchev–Trinajstić information content (AvgIpc) is 3.10. The summed E-state index contributed by atoms with van der Waals surface area (Å²) in [5, 5.41) is 4.34. The first-order chi connectivity index (χ1) is 15.0. The lowest BCUT2D eigenvalue weighted by Gasteiger charge is -2.13.